The zero-order valence-electron chi connectivity index (χ0n) is 16.3. The Kier molecular flexibility index (Phi) is 7.41. The number of sulfonamides is 1. The van der Waals surface area contributed by atoms with Crippen LogP contribution in [0, 0.1) is 5.92 Å². The van der Waals surface area contributed by atoms with Crippen LogP contribution in [0.15, 0.2) is 21.7 Å². The molecule has 152 valence electrons. The molecule has 0 spiro atoms. The predicted octanol–water partition coefficient (Wildman–Crippen LogP) is 2.34. The van der Waals surface area contributed by atoms with E-state index < -0.39 is 16.0 Å². The Morgan fingerprint density at radius 2 is 1.81 bits per heavy atom. The molecule has 0 aromatic carbocycles. The van der Waals surface area contributed by atoms with Crippen molar-refractivity contribution in [3.05, 3.63) is 17.5 Å². The molecule has 0 bridgehead atoms. The van der Waals surface area contributed by atoms with Crippen molar-refractivity contribution in [2.75, 3.05) is 19.7 Å². The number of rotatable bonds is 7. The molecule has 2 heterocycles. The fraction of sp³-hybridized carbons (Fsp3) is 0.667. The number of esters is 1. The maximum atomic E-state index is 12.5. The van der Waals surface area contributed by atoms with Gasteiger partial charge in [-0.25, -0.2) is 8.42 Å². The summed E-state index contributed by atoms with van der Waals surface area (Å²) in [5.41, 5.74) is 0. The Labute approximate surface area is 165 Å². The number of hydrogen-bond acceptors (Lipinski definition) is 6. The number of ether oxygens (including phenoxy) is 1. The van der Waals surface area contributed by atoms with E-state index in [-0.39, 0.29) is 43.6 Å². The van der Waals surface area contributed by atoms with Gasteiger partial charge in [0.05, 0.1) is 5.92 Å². The van der Waals surface area contributed by atoms with Gasteiger partial charge in [0.15, 0.2) is 6.61 Å². The van der Waals surface area contributed by atoms with E-state index in [0.717, 1.165) is 0 Å². The lowest BCUT2D eigenvalue weighted by molar-refractivity contribution is -0.157. The van der Waals surface area contributed by atoms with Gasteiger partial charge in [0.2, 0.25) is 0 Å². The van der Waals surface area contributed by atoms with E-state index in [4.69, 9.17) is 4.74 Å². The molecule has 0 N–H and O–H groups in total. The SMILES string of the molecule is CC(C)N(C(=O)COC(=O)C1CCN(S(=O)(=O)c2cccs2)CC1)C(C)C. The molecule has 0 aliphatic carbocycles. The van der Waals surface area contributed by atoms with Crippen LogP contribution >= 0.6 is 11.3 Å². The van der Waals surface area contributed by atoms with Gasteiger partial charge in [-0.15, -0.1) is 11.3 Å². The zero-order chi connectivity index (χ0) is 20.2. The summed E-state index contributed by atoms with van der Waals surface area (Å²) in [4.78, 5) is 26.3. The van der Waals surface area contributed by atoms with Crippen molar-refractivity contribution < 1.29 is 22.7 Å². The van der Waals surface area contributed by atoms with Crippen molar-refractivity contribution in [1.29, 1.82) is 0 Å². The molecule has 0 saturated carbocycles. The molecule has 1 saturated heterocycles. The van der Waals surface area contributed by atoms with Crippen molar-refractivity contribution >= 4 is 33.2 Å². The highest BCUT2D eigenvalue weighted by atomic mass is 32.2. The molecule has 1 aliphatic heterocycles. The second-order valence-corrected chi connectivity index (χ2v) is 10.3. The molecule has 1 aromatic rings. The van der Waals surface area contributed by atoms with E-state index in [0.29, 0.717) is 17.1 Å². The first-order valence-corrected chi connectivity index (χ1v) is 11.5. The van der Waals surface area contributed by atoms with Gasteiger partial charge in [-0.2, -0.15) is 4.31 Å². The highest BCUT2D eigenvalue weighted by Gasteiger charge is 2.33. The molecule has 1 amide bonds. The van der Waals surface area contributed by atoms with Crippen LogP contribution in [0.5, 0.6) is 0 Å². The molecule has 9 heteroatoms. The average Bonchev–Trinajstić information content (AvgIpc) is 3.14. The minimum absolute atomic E-state index is 0.0295. The van der Waals surface area contributed by atoms with Gasteiger partial charge >= 0.3 is 5.97 Å². The number of nitrogens with zero attached hydrogens (tertiary/aromatic N) is 2. The Hall–Kier alpha value is -1.45. The van der Waals surface area contributed by atoms with Gasteiger partial charge in [0.25, 0.3) is 15.9 Å². The molecule has 0 atom stereocenters. The van der Waals surface area contributed by atoms with Crippen LogP contribution in [0.4, 0.5) is 0 Å². The molecular formula is C18H28N2O5S2. The summed E-state index contributed by atoms with van der Waals surface area (Å²) in [5, 5.41) is 1.73. The van der Waals surface area contributed by atoms with E-state index in [1.807, 2.05) is 27.7 Å². The molecule has 1 fully saturated rings. The minimum atomic E-state index is -3.48. The quantitative estimate of drug-likeness (QED) is 0.637. The lowest BCUT2D eigenvalue weighted by Gasteiger charge is -2.31. The van der Waals surface area contributed by atoms with Gasteiger partial charge < -0.3 is 9.64 Å². The van der Waals surface area contributed by atoms with Gasteiger partial charge in [-0.1, -0.05) is 6.07 Å². The van der Waals surface area contributed by atoms with E-state index in [9.17, 15) is 18.0 Å². The monoisotopic (exact) mass is 416 g/mol. The number of carbonyl (C=O) groups excluding carboxylic acids is 2. The number of thiophene rings is 1. The van der Waals surface area contributed by atoms with Crippen LogP contribution in [0.2, 0.25) is 0 Å². The predicted molar refractivity (Wildman–Crippen MR) is 104 cm³/mol. The lowest BCUT2D eigenvalue weighted by atomic mass is 9.98. The molecule has 0 unspecified atom stereocenters. The second-order valence-electron chi connectivity index (χ2n) is 7.21. The number of hydrogen-bond donors (Lipinski definition) is 0. The number of carbonyl (C=O) groups is 2. The molecule has 7 nitrogen and oxygen atoms in total. The summed E-state index contributed by atoms with van der Waals surface area (Å²) in [6, 6.07) is 3.35. The van der Waals surface area contributed by atoms with Crippen molar-refractivity contribution in [3.63, 3.8) is 0 Å². The maximum absolute atomic E-state index is 12.5. The zero-order valence-corrected chi connectivity index (χ0v) is 17.9. The first-order valence-electron chi connectivity index (χ1n) is 9.16. The number of piperidine rings is 1. The van der Waals surface area contributed by atoms with Crippen LogP contribution in [0.25, 0.3) is 0 Å². The molecule has 2 rings (SSSR count). The van der Waals surface area contributed by atoms with E-state index in [2.05, 4.69) is 0 Å². The van der Waals surface area contributed by atoms with E-state index >= 15 is 0 Å². The largest absolute Gasteiger partial charge is 0.455 e. The summed E-state index contributed by atoms with van der Waals surface area (Å²) in [6.45, 7) is 7.96. The third-order valence-corrected chi connectivity index (χ3v) is 7.89. The first-order chi connectivity index (χ1) is 12.6. The Bertz CT molecular complexity index is 728. The lowest BCUT2D eigenvalue weighted by Crippen LogP contribution is -2.45. The highest BCUT2D eigenvalue weighted by Crippen LogP contribution is 2.26. The Morgan fingerprint density at radius 1 is 1.22 bits per heavy atom. The van der Waals surface area contributed by atoms with Crippen LogP contribution in [0.3, 0.4) is 0 Å². The fourth-order valence-corrected chi connectivity index (χ4v) is 5.98. The normalized spacial score (nSPS) is 16.7. The average molecular weight is 417 g/mol. The maximum Gasteiger partial charge on any atom is 0.309 e. The van der Waals surface area contributed by atoms with Crippen molar-refractivity contribution in [3.8, 4) is 0 Å². The molecular weight excluding hydrogens is 388 g/mol. The van der Waals surface area contributed by atoms with Crippen LogP contribution in [-0.2, 0) is 24.3 Å². The third kappa shape index (κ3) is 5.30. The summed E-state index contributed by atoms with van der Waals surface area (Å²) in [6.07, 6.45) is 0.797. The third-order valence-electron chi connectivity index (χ3n) is 4.62. The van der Waals surface area contributed by atoms with E-state index in [1.54, 1.807) is 22.4 Å². The molecule has 1 aliphatic rings. The standard InChI is InChI=1S/C18H28N2O5S2/c1-13(2)20(14(3)4)16(21)12-25-18(22)15-7-9-19(10-8-15)27(23,24)17-6-5-11-26-17/h5-6,11,13-15H,7-10,12H2,1-4H3. The highest BCUT2D eigenvalue weighted by molar-refractivity contribution is 7.91. The van der Waals surface area contributed by atoms with Crippen LogP contribution in [0.1, 0.15) is 40.5 Å². The van der Waals surface area contributed by atoms with Gasteiger partial charge in [0, 0.05) is 25.2 Å². The van der Waals surface area contributed by atoms with Crippen LogP contribution in [-0.4, -0.2) is 61.3 Å². The summed E-state index contributed by atoms with van der Waals surface area (Å²) < 4.78 is 32.0. The summed E-state index contributed by atoms with van der Waals surface area (Å²) in [7, 11) is -3.48. The van der Waals surface area contributed by atoms with Gasteiger partial charge in [-0.3, -0.25) is 9.59 Å². The van der Waals surface area contributed by atoms with Crippen molar-refractivity contribution in [1.82, 2.24) is 9.21 Å². The van der Waals surface area contributed by atoms with Gasteiger partial charge in [-0.05, 0) is 52.0 Å². The topological polar surface area (TPSA) is 84.0 Å². The van der Waals surface area contributed by atoms with Gasteiger partial charge in [0.1, 0.15) is 4.21 Å². The van der Waals surface area contributed by atoms with Crippen LogP contribution < -0.4 is 0 Å². The molecule has 27 heavy (non-hydrogen) atoms. The van der Waals surface area contributed by atoms with Crippen molar-refractivity contribution in [2.24, 2.45) is 5.92 Å². The summed E-state index contributed by atoms with van der Waals surface area (Å²) in [5.74, 6) is -1.02. The smallest absolute Gasteiger partial charge is 0.309 e. The van der Waals surface area contributed by atoms with E-state index in [1.165, 1.54) is 15.6 Å². The van der Waals surface area contributed by atoms with Crippen molar-refractivity contribution in [2.45, 2.75) is 56.8 Å². The minimum Gasteiger partial charge on any atom is -0.455 e. The Morgan fingerprint density at radius 3 is 2.30 bits per heavy atom. The Balaban J connectivity index is 1.85. The molecule has 1 aromatic heterocycles. The second kappa shape index (κ2) is 9.16. The molecule has 0 radical (unpaired) electrons. The fourth-order valence-electron chi connectivity index (χ4n) is 3.37. The first kappa shape index (κ1) is 21.8. The number of amides is 1. The summed E-state index contributed by atoms with van der Waals surface area (Å²) >= 11 is 1.19.